The molecule has 2 nitrogen and oxygen atoms in total. The average molecular weight is 350 g/mol. The second kappa shape index (κ2) is 7.90. The molecular weight excluding hydrogens is 331 g/mol. The van der Waals surface area contributed by atoms with Gasteiger partial charge in [-0.05, 0) is 54.5 Å². The molecule has 3 aromatic carbocycles. The van der Waals surface area contributed by atoms with Crippen LogP contribution in [0.15, 0.2) is 78.9 Å². The van der Waals surface area contributed by atoms with Gasteiger partial charge in [-0.1, -0.05) is 60.2 Å². The van der Waals surface area contributed by atoms with Crippen LogP contribution in [0.25, 0.3) is 0 Å². The van der Waals surface area contributed by atoms with Gasteiger partial charge in [0.1, 0.15) is 5.82 Å². The molecule has 0 aliphatic rings. The molecule has 0 spiro atoms. The van der Waals surface area contributed by atoms with Gasteiger partial charge in [0.2, 0.25) is 0 Å². The lowest BCUT2D eigenvalue weighted by molar-refractivity contribution is 0.628. The molecule has 0 aliphatic carbocycles. The summed E-state index contributed by atoms with van der Waals surface area (Å²) < 4.78 is 13.0. The molecule has 25 heavy (non-hydrogen) atoms. The van der Waals surface area contributed by atoms with E-state index in [9.17, 15) is 4.39 Å². The molecule has 0 unspecified atom stereocenters. The monoisotopic (exact) mass is 350 g/mol. The Morgan fingerprint density at radius 2 is 1.44 bits per heavy atom. The number of benzene rings is 3. The molecule has 0 fully saturated rings. The van der Waals surface area contributed by atoms with E-state index in [1.165, 1.54) is 17.7 Å². The SMILES string of the molecule is Cc1ccc([C@@H](NC(=S)Nc2ccc(F)cc2)c2ccccc2)cc1. The Hall–Kier alpha value is -2.72. The quantitative estimate of drug-likeness (QED) is 0.632. The van der Waals surface area contributed by atoms with Gasteiger partial charge >= 0.3 is 0 Å². The molecule has 2 N–H and O–H groups in total. The molecule has 3 rings (SSSR count). The predicted octanol–water partition coefficient (Wildman–Crippen LogP) is 5.21. The van der Waals surface area contributed by atoms with Crippen LogP contribution < -0.4 is 10.6 Å². The third kappa shape index (κ3) is 4.64. The molecular formula is C21H19FN2S. The third-order valence-corrected chi connectivity index (χ3v) is 4.14. The van der Waals surface area contributed by atoms with E-state index in [0.717, 1.165) is 16.8 Å². The van der Waals surface area contributed by atoms with E-state index in [0.29, 0.717) is 5.11 Å². The van der Waals surface area contributed by atoms with Crippen LogP contribution in [0.5, 0.6) is 0 Å². The van der Waals surface area contributed by atoms with Crippen LogP contribution in [0.1, 0.15) is 22.7 Å². The topological polar surface area (TPSA) is 24.1 Å². The fourth-order valence-corrected chi connectivity index (χ4v) is 2.83. The summed E-state index contributed by atoms with van der Waals surface area (Å²) in [7, 11) is 0. The molecule has 4 heteroatoms. The molecule has 0 aromatic heterocycles. The maximum absolute atomic E-state index is 13.0. The number of hydrogen-bond donors (Lipinski definition) is 2. The standard InChI is InChI=1S/C21H19FN2S/c1-15-7-9-17(10-8-15)20(16-5-3-2-4-6-16)24-21(25)23-19-13-11-18(22)12-14-19/h2-14,20H,1H3,(H2,23,24,25)/t20-/m0/s1. The van der Waals surface area contributed by atoms with Crippen molar-refractivity contribution in [3.05, 3.63) is 101 Å². The maximum Gasteiger partial charge on any atom is 0.171 e. The second-order valence-corrected chi connectivity index (χ2v) is 6.27. The van der Waals surface area contributed by atoms with Crippen molar-refractivity contribution in [1.29, 1.82) is 0 Å². The molecule has 3 aromatic rings. The van der Waals surface area contributed by atoms with E-state index >= 15 is 0 Å². The summed E-state index contributed by atoms with van der Waals surface area (Å²) >= 11 is 5.45. The molecule has 0 saturated heterocycles. The summed E-state index contributed by atoms with van der Waals surface area (Å²) in [5.41, 5.74) is 4.20. The highest BCUT2D eigenvalue weighted by Gasteiger charge is 2.15. The highest BCUT2D eigenvalue weighted by Crippen LogP contribution is 2.22. The van der Waals surface area contributed by atoms with Gasteiger partial charge in [0, 0.05) is 5.69 Å². The van der Waals surface area contributed by atoms with Crippen molar-refractivity contribution < 1.29 is 4.39 Å². The Morgan fingerprint density at radius 3 is 2.08 bits per heavy atom. The van der Waals surface area contributed by atoms with Crippen molar-refractivity contribution in [3.63, 3.8) is 0 Å². The van der Waals surface area contributed by atoms with E-state index in [2.05, 4.69) is 54.0 Å². The van der Waals surface area contributed by atoms with Crippen LogP contribution in [0, 0.1) is 12.7 Å². The first-order chi connectivity index (χ1) is 12.1. The van der Waals surface area contributed by atoms with Crippen molar-refractivity contribution in [1.82, 2.24) is 5.32 Å². The minimum atomic E-state index is -0.272. The zero-order valence-corrected chi connectivity index (χ0v) is 14.7. The van der Waals surface area contributed by atoms with Crippen molar-refractivity contribution in [2.45, 2.75) is 13.0 Å². The minimum absolute atomic E-state index is 0.0674. The third-order valence-electron chi connectivity index (χ3n) is 3.92. The van der Waals surface area contributed by atoms with Gasteiger partial charge in [0.25, 0.3) is 0 Å². The molecule has 0 aliphatic heterocycles. The van der Waals surface area contributed by atoms with Crippen LogP contribution in [0.3, 0.4) is 0 Å². The van der Waals surface area contributed by atoms with Gasteiger partial charge in [-0.25, -0.2) is 4.39 Å². The van der Waals surface area contributed by atoms with E-state index in [1.54, 1.807) is 12.1 Å². The fraction of sp³-hybridized carbons (Fsp3) is 0.0952. The van der Waals surface area contributed by atoms with Gasteiger partial charge in [0.15, 0.2) is 5.11 Å². The first kappa shape index (κ1) is 17.1. The minimum Gasteiger partial charge on any atom is -0.352 e. The molecule has 0 bridgehead atoms. The van der Waals surface area contributed by atoms with Crippen LogP contribution in [-0.2, 0) is 0 Å². The highest BCUT2D eigenvalue weighted by molar-refractivity contribution is 7.80. The first-order valence-electron chi connectivity index (χ1n) is 8.06. The number of halogens is 1. The normalized spacial score (nSPS) is 11.6. The van der Waals surface area contributed by atoms with Gasteiger partial charge in [0.05, 0.1) is 6.04 Å². The number of hydrogen-bond acceptors (Lipinski definition) is 1. The van der Waals surface area contributed by atoms with Crippen LogP contribution in [0.4, 0.5) is 10.1 Å². The number of rotatable bonds is 4. The lowest BCUT2D eigenvalue weighted by Gasteiger charge is -2.22. The molecule has 0 heterocycles. The van der Waals surface area contributed by atoms with E-state index < -0.39 is 0 Å². The summed E-state index contributed by atoms with van der Waals surface area (Å²) in [6.45, 7) is 2.06. The smallest absolute Gasteiger partial charge is 0.171 e. The zero-order valence-electron chi connectivity index (χ0n) is 13.9. The molecule has 1 atom stereocenters. The van der Waals surface area contributed by atoms with Crippen molar-refractivity contribution in [2.24, 2.45) is 0 Å². The van der Waals surface area contributed by atoms with Crippen LogP contribution >= 0.6 is 12.2 Å². The summed E-state index contributed by atoms with van der Waals surface area (Å²) in [6.07, 6.45) is 0. The zero-order chi connectivity index (χ0) is 17.6. The Labute approximate surface area is 152 Å². The van der Waals surface area contributed by atoms with Crippen LogP contribution in [0.2, 0.25) is 0 Å². The number of aryl methyl sites for hydroxylation is 1. The van der Waals surface area contributed by atoms with E-state index in [1.807, 2.05) is 18.2 Å². The number of thiocarbonyl (C=S) groups is 1. The first-order valence-corrected chi connectivity index (χ1v) is 8.47. The van der Waals surface area contributed by atoms with E-state index in [-0.39, 0.29) is 11.9 Å². The van der Waals surface area contributed by atoms with Crippen molar-refractivity contribution >= 4 is 23.0 Å². The van der Waals surface area contributed by atoms with E-state index in [4.69, 9.17) is 12.2 Å². The van der Waals surface area contributed by atoms with Crippen molar-refractivity contribution in [3.8, 4) is 0 Å². The van der Waals surface area contributed by atoms with Gasteiger partial charge < -0.3 is 10.6 Å². The fourth-order valence-electron chi connectivity index (χ4n) is 2.60. The Kier molecular flexibility index (Phi) is 5.41. The largest absolute Gasteiger partial charge is 0.352 e. The predicted molar refractivity (Wildman–Crippen MR) is 105 cm³/mol. The summed E-state index contributed by atoms with van der Waals surface area (Å²) in [5.74, 6) is -0.272. The van der Waals surface area contributed by atoms with Crippen LogP contribution in [-0.4, -0.2) is 5.11 Å². The number of anilines is 1. The summed E-state index contributed by atoms with van der Waals surface area (Å²) in [4.78, 5) is 0. The maximum atomic E-state index is 13.0. The molecule has 0 saturated carbocycles. The molecule has 0 amide bonds. The average Bonchev–Trinajstić information content (AvgIpc) is 2.63. The molecule has 0 radical (unpaired) electrons. The number of nitrogens with one attached hydrogen (secondary N) is 2. The van der Waals surface area contributed by atoms with Gasteiger partial charge in [-0.2, -0.15) is 0 Å². The lowest BCUT2D eigenvalue weighted by atomic mass is 9.98. The lowest BCUT2D eigenvalue weighted by Crippen LogP contribution is -2.33. The summed E-state index contributed by atoms with van der Waals surface area (Å²) in [5, 5.41) is 6.95. The Balaban J connectivity index is 1.81. The Morgan fingerprint density at radius 1 is 0.840 bits per heavy atom. The Bertz CT molecular complexity index is 830. The second-order valence-electron chi connectivity index (χ2n) is 5.86. The van der Waals surface area contributed by atoms with Crippen molar-refractivity contribution in [2.75, 3.05) is 5.32 Å². The van der Waals surface area contributed by atoms with Gasteiger partial charge in [-0.15, -0.1) is 0 Å². The molecule has 126 valence electrons. The highest BCUT2D eigenvalue weighted by atomic mass is 32.1. The van der Waals surface area contributed by atoms with Gasteiger partial charge in [-0.3, -0.25) is 0 Å². The summed E-state index contributed by atoms with van der Waals surface area (Å²) in [6, 6.07) is 24.6.